The molecule has 1 unspecified atom stereocenters. The van der Waals surface area contributed by atoms with Crippen molar-refractivity contribution in [3.05, 3.63) is 17.0 Å². The van der Waals surface area contributed by atoms with Gasteiger partial charge < -0.3 is 10.1 Å². The molecule has 0 aliphatic carbocycles. The monoisotopic (exact) mass is 223 g/mol. The lowest BCUT2D eigenvalue weighted by Gasteiger charge is -2.24. The summed E-state index contributed by atoms with van der Waals surface area (Å²) in [6.07, 6.45) is 0.168. The van der Waals surface area contributed by atoms with Gasteiger partial charge in [0.25, 0.3) is 0 Å². The van der Waals surface area contributed by atoms with E-state index in [2.05, 4.69) is 42.8 Å². The van der Waals surface area contributed by atoms with Crippen molar-refractivity contribution in [1.29, 1.82) is 0 Å². The van der Waals surface area contributed by atoms with Crippen LogP contribution in [0.4, 0.5) is 0 Å². The first-order valence-electron chi connectivity index (χ1n) is 5.99. The second-order valence-electron chi connectivity index (χ2n) is 4.69. The van der Waals surface area contributed by atoms with Gasteiger partial charge in [-0.2, -0.15) is 5.10 Å². The van der Waals surface area contributed by atoms with Crippen molar-refractivity contribution in [3.8, 4) is 0 Å². The number of ether oxygens (including phenoxy) is 1. The maximum atomic E-state index is 5.80. The molecule has 1 aromatic heterocycles. The summed E-state index contributed by atoms with van der Waals surface area (Å²) in [7, 11) is 0. The summed E-state index contributed by atoms with van der Waals surface area (Å²) < 4.78 is 7.89. The van der Waals surface area contributed by atoms with Crippen LogP contribution in [-0.4, -0.2) is 29.5 Å². The van der Waals surface area contributed by atoms with Crippen molar-refractivity contribution in [1.82, 2.24) is 15.1 Å². The minimum atomic E-state index is 0.168. The largest absolute Gasteiger partial charge is 0.371 e. The molecule has 1 aromatic rings. The number of nitrogens with one attached hydrogen (secondary N) is 1. The number of nitrogens with zero attached hydrogens (tertiary/aromatic N) is 2. The van der Waals surface area contributed by atoms with Gasteiger partial charge in [0, 0.05) is 30.4 Å². The molecule has 0 aromatic carbocycles. The van der Waals surface area contributed by atoms with Gasteiger partial charge in [0.1, 0.15) is 0 Å². The van der Waals surface area contributed by atoms with Crippen LogP contribution in [0.2, 0.25) is 0 Å². The molecule has 1 aliphatic rings. The predicted octanol–water partition coefficient (Wildman–Crippen LogP) is 1.74. The molecule has 1 N–H and O–H groups in total. The summed E-state index contributed by atoms with van der Waals surface area (Å²) in [5, 5.41) is 7.96. The van der Waals surface area contributed by atoms with Crippen LogP contribution in [0, 0.1) is 13.8 Å². The second-order valence-corrected chi connectivity index (χ2v) is 4.69. The van der Waals surface area contributed by atoms with E-state index in [0.29, 0.717) is 6.04 Å². The Morgan fingerprint density at radius 1 is 1.44 bits per heavy atom. The first kappa shape index (κ1) is 11.6. The van der Waals surface area contributed by atoms with Crippen molar-refractivity contribution in [2.24, 2.45) is 0 Å². The smallest absolute Gasteiger partial charge is 0.0985 e. The van der Waals surface area contributed by atoms with E-state index in [-0.39, 0.29) is 6.10 Å². The van der Waals surface area contributed by atoms with Crippen LogP contribution in [0.15, 0.2) is 0 Å². The molecular weight excluding hydrogens is 202 g/mol. The fourth-order valence-electron chi connectivity index (χ4n) is 2.40. The Labute approximate surface area is 97.0 Å². The van der Waals surface area contributed by atoms with Gasteiger partial charge >= 0.3 is 0 Å². The Hall–Kier alpha value is -0.870. The third-order valence-corrected chi connectivity index (χ3v) is 3.12. The molecule has 4 heteroatoms. The second kappa shape index (κ2) is 4.55. The first-order chi connectivity index (χ1) is 7.61. The van der Waals surface area contributed by atoms with Crippen LogP contribution >= 0.6 is 0 Å². The standard InChI is InChI=1S/C12H21N3O/c1-8(2)15-10(4)12(9(3)14-15)11-7-13-5-6-16-11/h8,11,13H,5-7H2,1-4H3. The van der Waals surface area contributed by atoms with Crippen molar-refractivity contribution in [3.63, 3.8) is 0 Å². The number of rotatable bonds is 2. The maximum absolute atomic E-state index is 5.80. The van der Waals surface area contributed by atoms with E-state index in [1.165, 1.54) is 11.3 Å². The Kier molecular flexibility index (Phi) is 3.30. The summed E-state index contributed by atoms with van der Waals surface area (Å²) in [6, 6.07) is 0.406. The highest BCUT2D eigenvalue weighted by Gasteiger charge is 2.24. The molecule has 16 heavy (non-hydrogen) atoms. The van der Waals surface area contributed by atoms with Gasteiger partial charge in [0.2, 0.25) is 0 Å². The molecule has 0 bridgehead atoms. The molecule has 0 spiro atoms. The van der Waals surface area contributed by atoms with Crippen molar-refractivity contribution < 1.29 is 4.74 Å². The van der Waals surface area contributed by atoms with Crippen molar-refractivity contribution in [2.75, 3.05) is 19.7 Å². The summed E-state index contributed by atoms with van der Waals surface area (Å²) >= 11 is 0. The third-order valence-electron chi connectivity index (χ3n) is 3.12. The van der Waals surface area contributed by atoms with E-state index in [0.717, 1.165) is 25.4 Å². The summed E-state index contributed by atoms with van der Waals surface area (Å²) in [5.41, 5.74) is 3.60. The fourth-order valence-corrected chi connectivity index (χ4v) is 2.40. The highest BCUT2D eigenvalue weighted by Crippen LogP contribution is 2.27. The number of aryl methyl sites for hydroxylation is 1. The SMILES string of the molecule is Cc1nn(C(C)C)c(C)c1C1CNCCO1. The summed E-state index contributed by atoms with van der Waals surface area (Å²) in [6.45, 7) is 11.1. The normalized spacial score (nSPS) is 21.7. The van der Waals surface area contributed by atoms with Crippen LogP contribution in [0.25, 0.3) is 0 Å². The third kappa shape index (κ3) is 1.99. The molecule has 0 saturated carbocycles. The number of aromatic nitrogens is 2. The molecule has 4 nitrogen and oxygen atoms in total. The van der Waals surface area contributed by atoms with E-state index in [4.69, 9.17) is 4.74 Å². The fraction of sp³-hybridized carbons (Fsp3) is 0.750. The quantitative estimate of drug-likeness (QED) is 0.830. The van der Waals surface area contributed by atoms with E-state index in [1.54, 1.807) is 0 Å². The lowest BCUT2D eigenvalue weighted by atomic mass is 10.1. The molecule has 1 atom stereocenters. The Morgan fingerprint density at radius 3 is 2.69 bits per heavy atom. The maximum Gasteiger partial charge on any atom is 0.0985 e. The van der Waals surface area contributed by atoms with Gasteiger partial charge in [0.05, 0.1) is 18.4 Å². The highest BCUT2D eigenvalue weighted by atomic mass is 16.5. The highest BCUT2D eigenvalue weighted by molar-refractivity contribution is 5.28. The van der Waals surface area contributed by atoms with Crippen LogP contribution in [-0.2, 0) is 4.74 Å². The molecule has 0 radical (unpaired) electrons. The molecule has 90 valence electrons. The zero-order valence-electron chi connectivity index (χ0n) is 10.6. The van der Waals surface area contributed by atoms with Crippen LogP contribution in [0.1, 0.15) is 42.9 Å². The average Bonchev–Trinajstić information content (AvgIpc) is 2.56. The minimum Gasteiger partial charge on any atom is -0.371 e. The number of hydrogen-bond acceptors (Lipinski definition) is 3. The minimum absolute atomic E-state index is 0.168. The molecule has 1 fully saturated rings. The van der Waals surface area contributed by atoms with Gasteiger partial charge in [-0.3, -0.25) is 4.68 Å². The van der Waals surface area contributed by atoms with Crippen molar-refractivity contribution >= 4 is 0 Å². The van der Waals surface area contributed by atoms with Gasteiger partial charge in [-0.05, 0) is 27.7 Å². The summed E-state index contributed by atoms with van der Waals surface area (Å²) in [4.78, 5) is 0. The van der Waals surface area contributed by atoms with Crippen LogP contribution in [0.5, 0.6) is 0 Å². The predicted molar refractivity (Wildman–Crippen MR) is 63.6 cm³/mol. The molecule has 0 amide bonds. The van der Waals surface area contributed by atoms with Gasteiger partial charge in [-0.1, -0.05) is 0 Å². The van der Waals surface area contributed by atoms with E-state index in [9.17, 15) is 0 Å². The Morgan fingerprint density at radius 2 is 2.19 bits per heavy atom. The topological polar surface area (TPSA) is 39.1 Å². The zero-order chi connectivity index (χ0) is 11.7. The Bertz CT molecular complexity index is 365. The molecular formula is C12H21N3O. The lowest BCUT2D eigenvalue weighted by Crippen LogP contribution is -2.33. The van der Waals surface area contributed by atoms with Crippen molar-refractivity contribution in [2.45, 2.75) is 39.8 Å². The lowest BCUT2D eigenvalue weighted by molar-refractivity contribution is 0.0268. The van der Waals surface area contributed by atoms with Crippen LogP contribution in [0.3, 0.4) is 0 Å². The van der Waals surface area contributed by atoms with Crippen LogP contribution < -0.4 is 5.32 Å². The van der Waals surface area contributed by atoms with E-state index in [1.807, 2.05) is 0 Å². The first-order valence-corrected chi connectivity index (χ1v) is 5.99. The zero-order valence-corrected chi connectivity index (χ0v) is 10.6. The van der Waals surface area contributed by atoms with E-state index >= 15 is 0 Å². The molecule has 1 saturated heterocycles. The van der Waals surface area contributed by atoms with Gasteiger partial charge in [-0.15, -0.1) is 0 Å². The molecule has 1 aliphatic heterocycles. The number of morpholine rings is 1. The number of hydrogen-bond donors (Lipinski definition) is 1. The molecule has 2 rings (SSSR count). The summed E-state index contributed by atoms with van der Waals surface area (Å²) in [5.74, 6) is 0. The Balaban J connectivity index is 2.32. The molecule has 2 heterocycles. The van der Waals surface area contributed by atoms with E-state index < -0.39 is 0 Å². The van der Waals surface area contributed by atoms with Gasteiger partial charge in [0.15, 0.2) is 0 Å². The van der Waals surface area contributed by atoms with Gasteiger partial charge in [-0.25, -0.2) is 0 Å². The average molecular weight is 223 g/mol.